The Hall–Kier alpha value is -1.02. The van der Waals surface area contributed by atoms with Gasteiger partial charge in [-0.1, -0.05) is 39.8 Å². The number of rotatable bonds is 4. The molecule has 0 saturated carbocycles. The van der Waals surface area contributed by atoms with Crippen LogP contribution in [0, 0.1) is 27.9 Å². The maximum Gasteiger partial charge on any atom is 0.163 e. The zero-order valence-electron chi connectivity index (χ0n) is 16.1. The van der Waals surface area contributed by atoms with E-state index in [1.54, 1.807) is 12.1 Å². The summed E-state index contributed by atoms with van der Waals surface area (Å²) in [6, 6.07) is 7.32. The number of aliphatic hydroxyl groups is 1. The third-order valence-corrected chi connectivity index (χ3v) is 7.53. The molecule has 0 aromatic heterocycles. The summed E-state index contributed by atoms with van der Waals surface area (Å²) in [5.74, 6) is 0.827. The van der Waals surface area contributed by atoms with Gasteiger partial charge in [-0.3, -0.25) is 9.80 Å². The number of quaternary nitrogens is 1. The molecule has 1 unspecified atom stereocenters. The van der Waals surface area contributed by atoms with Gasteiger partial charge in [-0.2, -0.15) is 5.23 Å². The van der Waals surface area contributed by atoms with Gasteiger partial charge in [-0.25, -0.2) is 5.21 Å². The van der Waals surface area contributed by atoms with E-state index in [1.807, 2.05) is 12.1 Å². The number of piperidine rings is 2. The van der Waals surface area contributed by atoms with E-state index in [0.29, 0.717) is 17.5 Å². The predicted molar refractivity (Wildman–Crippen MR) is 98.7 cm³/mol. The Bertz CT molecular complexity index is 629. The number of aliphatic hydroxyl groups excluding tert-OH is 1. The van der Waals surface area contributed by atoms with Crippen LogP contribution in [-0.2, 0) is 0 Å². The number of nitrogens with zero attached hydrogens (tertiary/aromatic N) is 2. The lowest BCUT2D eigenvalue weighted by Gasteiger charge is -2.71. The molecule has 4 bridgehead atoms. The van der Waals surface area contributed by atoms with Gasteiger partial charge in [0, 0.05) is 49.1 Å². The molecule has 26 heavy (non-hydrogen) atoms. The molecule has 1 aromatic rings. The molecule has 0 amide bonds. The Morgan fingerprint density at radius 2 is 1.38 bits per heavy atom. The van der Waals surface area contributed by atoms with E-state index in [2.05, 4.69) is 37.5 Å². The van der Waals surface area contributed by atoms with Gasteiger partial charge in [0.2, 0.25) is 0 Å². The van der Waals surface area contributed by atoms with Crippen molar-refractivity contribution in [2.45, 2.75) is 40.0 Å². The summed E-state index contributed by atoms with van der Waals surface area (Å²) in [4.78, 5) is 5.05. The van der Waals surface area contributed by atoms with Gasteiger partial charge in [-0.15, -0.1) is 0 Å². The van der Waals surface area contributed by atoms with Gasteiger partial charge < -0.3 is 10.3 Å². The Morgan fingerprint density at radius 3 is 1.73 bits per heavy atom. The molecule has 1 aromatic carbocycles. The molecule has 4 heterocycles. The van der Waals surface area contributed by atoms with Crippen molar-refractivity contribution in [3.8, 4) is 0 Å². The smallest absolute Gasteiger partial charge is 0.163 e. The van der Waals surface area contributed by atoms with E-state index in [0.717, 1.165) is 31.7 Å². The molecule has 0 radical (unpaired) electrons. The van der Waals surface area contributed by atoms with Crippen LogP contribution in [0.25, 0.3) is 0 Å². The Labute approximate surface area is 155 Å². The second-order valence-electron chi connectivity index (χ2n) is 9.29. The first-order chi connectivity index (χ1) is 12.2. The lowest BCUT2D eigenvalue weighted by molar-refractivity contribution is -0.991. The highest BCUT2D eigenvalue weighted by atomic mass is 16.8. The van der Waals surface area contributed by atoms with E-state index >= 15 is 0 Å². The SMILES string of the molecule is CC(C)C12CN3CC(C(C)C)(CN(C1)C3c1ccc([NH+]([O-])O)cc1)C2O. The standard InChI is InChI=1S/C20H31N3O3/c1-13(2)19-9-21-11-20(14(3)4,18(19)24)12-22(10-19)17(21)15-5-7-16(8-6-15)23(25)26/h5-8,13-14,17-18,23-25H,9-12H2,1-4H3. The van der Waals surface area contributed by atoms with Crippen molar-refractivity contribution in [3.63, 3.8) is 0 Å². The zero-order chi connectivity index (χ0) is 18.9. The van der Waals surface area contributed by atoms with Crippen LogP contribution in [-0.4, -0.2) is 52.4 Å². The molecule has 4 saturated heterocycles. The summed E-state index contributed by atoms with van der Waals surface area (Å²) in [5.41, 5.74) is 1.31. The van der Waals surface area contributed by atoms with Crippen LogP contribution in [0.15, 0.2) is 24.3 Å². The van der Waals surface area contributed by atoms with Crippen LogP contribution in [0.5, 0.6) is 0 Å². The Balaban J connectivity index is 1.71. The van der Waals surface area contributed by atoms with Crippen LogP contribution in [0.3, 0.4) is 0 Å². The van der Waals surface area contributed by atoms with Crippen molar-refractivity contribution in [1.82, 2.24) is 9.80 Å². The largest absolute Gasteiger partial charge is 0.595 e. The highest BCUT2D eigenvalue weighted by molar-refractivity contribution is 5.35. The molecule has 0 spiro atoms. The highest BCUT2D eigenvalue weighted by Gasteiger charge is 2.66. The molecular formula is C20H31N3O3. The number of hydrogen-bond acceptors (Lipinski definition) is 5. The first-order valence-electron chi connectivity index (χ1n) is 9.71. The Kier molecular flexibility index (Phi) is 4.23. The van der Waals surface area contributed by atoms with Crippen molar-refractivity contribution in [2.75, 3.05) is 26.2 Å². The van der Waals surface area contributed by atoms with Gasteiger partial charge in [0.25, 0.3) is 0 Å². The minimum absolute atomic E-state index is 0.0850. The first-order valence-corrected chi connectivity index (χ1v) is 9.71. The van der Waals surface area contributed by atoms with E-state index < -0.39 is 5.23 Å². The van der Waals surface area contributed by atoms with Gasteiger partial charge in [0.15, 0.2) is 5.69 Å². The fourth-order valence-electron chi connectivity index (χ4n) is 5.80. The maximum absolute atomic E-state index is 11.4. The molecule has 4 fully saturated rings. The molecular weight excluding hydrogens is 330 g/mol. The summed E-state index contributed by atoms with van der Waals surface area (Å²) >= 11 is 0. The molecule has 4 aliphatic rings. The number of nitrogens with one attached hydrogen (secondary N) is 1. The van der Waals surface area contributed by atoms with Crippen LogP contribution in [0.4, 0.5) is 5.69 Å². The fraction of sp³-hybridized carbons (Fsp3) is 0.700. The monoisotopic (exact) mass is 361 g/mol. The van der Waals surface area contributed by atoms with Crippen molar-refractivity contribution >= 4 is 5.69 Å². The third-order valence-electron chi connectivity index (χ3n) is 7.53. The third kappa shape index (κ3) is 2.33. The molecule has 6 heteroatoms. The normalized spacial score (nSPS) is 42.7. The molecule has 4 aliphatic heterocycles. The van der Waals surface area contributed by atoms with Gasteiger partial charge >= 0.3 is 0 Å². The molecule has 1 atom stereocenters. The van der Waals surface area contributed by atoms with Crippen molar-refractivity contribution in [3.05, 3.63) is 35.0 Å². The summed E-state index contributed by atoms with van der Waals surface area (Å²) in [6.45, 7) is 12.6. The lowest BCUT2D eigenvalue weighted by Crippen LogP contribution is -2.99. The van der Waals surface area contributed by atoms with Crippen LogP contribution < -0.4 is 5.23 Å². The summed E-state index contributed by atoms with van der Waals surface area (Å²) in [5, 5.41) is 30.8. The van der Waals surface area contributed by atoms with Crippen LogP contribution in [0.2, 0.25) is 0 Å². The summed E-state index contributed by atoms with van der Waals surface area (Å²) in [7, 11) is 0. The maximum atomic E-state index is 11.4. The van der Waals surface area contributed by atoms with E-state index in [9.17, 15) is 10.3 Å². The topological polar surface area (TPSA) is 74.4 Å². The van der Waals surface area contributed by atoms with Crippen molar-refractivity contribution < 1.29 is 15.5 Å². The van der Waals surface area contributed by atoms with Crippen LogP contribution in [0.1, 0.15) is 39.4 Å². The summed E-state index contributed by atoms with van der Waals surface area (Å²) in [6.07, 6.45) is -0.0815. The number of benzene rings is 1. The van der Waals surface area contributed by atoms with E-state index in [-0.39, 0.29) is 23.1 Å². The molecule has 144 valence electrons. The summed E-state index contributed by atoms with van der Waals surface area (Å²) < 4.78 is 0. The van der Waals surface area contributed by atoms with E-state index in [1.165, 1.54) is 0 Å². The van der Waals surface area contributed by atoms with Crippen molar-refractivity contribution in [1.29, 1.82) is 0 Å². The minimum atomic E-state index is -0.886. The van der Waals surface area contributed by atoms with Crippen molar-refractivity contribution in [2.24, 2.45) is 22.7 Å². The number of hydrogen-bond donors (Lipinski definition) is 3. The molecule has 6 nitrogen and oxygen atoms in total. The van der Waals surface area contributed by atoms with Gasteiger partial charge in [0.05, 0.1) is 12.3 Å². The zero-order valence-corrected chi connectivity index (χ0v) is 16.1. The van der Waals surface area contributed by atoms with Gasteiger partial charge in [0.1, 0.15) is 0 Å². The Morgan fingerprint density at radius 1 is 0.962 bits per heavy atom. The predicted octanol–water partition coefficient (Wildman–Crippen LogP) is 1.38. The first kappa shape index (κ1) is 18.3. The molecule has 3 N–H and O–H groups in total. The van der Waals surface area contributed by atoms with Gasteiger partial charge in [-0.05, 0) is 17.4 Å². The molecule has 5 rings (SSSR count). The average Bonchev–Trinajstić information content (AvgIpc) is 2.58. The average molecular weight is 361 g/mol. The van der Waals surface area contributed by atoms with E-state index in [4.69, 9.17) is 5.21 Å². The lowest BCUT2D eigenvalue weighted by atomic mass is 9.52. The highest BCUT2D eigenvalue weighted by Crippen LogP contribution is 2.59. The van der Waals surface area contributed by atoms with Crippen LogP contribution >= 0.6 is 0 Å². The minimum Gasteiger partial charge on any atom is -0.595 e. The second kappa shape index (κ2) is 5.99. The fourth-order valence-corrected chi connectivity index (χ4v) is 5.80. The molecule has 0 aliphatic carbocycles. The second-order valence-corrected chi connectivity index (χ2v) is 9.29. The quantitative estimate of drug-likeness (QED) is 0.707.